The summed E-state index contributed by atoms with van der Waals surface area (Å²) in [6, 6.07) is 0. The highest BCUT2D eigenvalue weighted by molar-refractivity contribution is 5.77. The molecule has 0 fully saturated rings. The van der Waals surface area contributed by atoms with Crippen molar-refractivity contribution in [2.24, 2.45) is 5.92 Å². The third-order valence-electron chi connectivity index (χ3n) is 4.48. The molecule has 26 heavy (non-hydrogen) atoms. The fourth-order valence-corrected chi connectivity index (χ4v) is 2.61. The molecule has 0 spiro atoms. The van der Waals surface area contributed by atoms with Gasteiger partial charge in [-0.2, -0.15) is 0 Å². The minimum atomic E-state index is -0.326. The zero-order chi connectivity index (χ0) is 19.5. The van der Waals surface area contributed by atoms with Crippen LogP contribution in [0.15, 0.2) is 0 Å². The molecule has 0 bridgehead atoms. The number of unbranched alkanes of at least 4 members (excludes halogenated alkanes) is 7. The first-order valence-corrected chi connectivity index (χ1v) is 10.4. The molecule has 1 atom stereocenters. The van der Waals surface area contributed by atoms with Crippen LogP contribution in [-0.4, -0.2) is 38.9 Å². The van der Waals surface area contributed by atoms with Crippen molar-refractivity contribution in [3.63, 3.8) is 0 Å². The minimum absolute atomic E-state index is 0.0999. The fraction of sp³-hybridized carbons (Fsp3) is 0.905. The molecule has 5 heteroatoms. The summed E-state index contributed by atoms with van der Waals surface area (Å²) in [6.45, 7) is 5.91. The Morgan fingerprint density at radius 1 is 0.731 bits per heavy atom. The number of hydrogen-bond acceptors (Lipinski definition) is 5. The molecule has 5 nitrogen and oxygen atoms in total. The highest BCUT2D eigenvalue weighted by atomic mass is 16.5. The molecule has 0 rings (SSSR count). The van der Waals surface area contributed by atoms with Crippen molar-refractivity contribution in [3.8, 4) is 0 Å². The Morgan fingerprint density at radius 3 is 1.81 bits per heavy atom. The van der Waals surface area contributed by atoms with Gasteiger partial charge in [0.1, 0.15) is 0 Å². The summed E-state index contributed by atoms with van der Waals surface area (Å²) in [6.07, 6.45) is 11.7. The molecule has 0 aliphatic heterocycles. The normalized spacial score (nSPS) is 12.0. The lowest BCUT2D eigenvalue weighted by molar-refractivity contribution is -0.150. The van der Waals surface area contributed by atoms with Crippen molar-refractivity contribution in [1.82, 2.24) is 0 Å². The van der Waals surface area contributed by atoms with Gasteiger partial charge in [-0.15, -0.1) is 0 Å². The number of carbonyl (C=O) groups excluding carboxylic acids is 2. The van der Waals surface area contributed by atoms with Crippen molar-refractivity contribution in [2.75, 3.05) is 26.9 Å². The van der Waals surface area contributed by atoms with Crippen molar-refractivity contribution >= 4 is 11.9 Å². The van der Waals surface area contributed by atoms with Crippen LogP contribution < -0.4 is 0 Å². The van der Waals surface area contributed by atoms with Gasteiger partial charge < -0.3 is 14.2 Å². The lowest BCUT2D eigenvalue weighted by Crippen LogP contribution is -2.13. The summed E-state index contributed by atoms with van der Waals surface area (Å²) in [7, 11) is 1.68. The minimum Gasteiger partial charge on any atom is -0.466 e. The van der Waals surface area contributed by atoms with Crippen LogP contribution in [0.4, 0.5) is 0 Å². The van der Waals surface area contributed by atoms with Crippen molar-refractivity contribution in [1.29, 1.82) is 0 Å². The van der Waals surface area contributed by atoms with Crippen molar-refractivity contribution < 1.29 is 23.8 Å². The number of ether oxygens (including phenoxy) is 3. The summed E-state index contributed by atoms with van der Waals surface area (Å²) in [5, 5.41) is 0. The van der Waals surface area contributed by atoms with Gasteiger partial charge in [-0.1, -0.05) is 58.8 Å². The lowest BCUT2D eigenvalue weighted by Gasteiger charge is -2.11. The Bertz CT molecular complexity index is 343. The third-order valence-corrected chi connectivity index (χ3v) is 4.48. The van der Waals surface area contributed by atoms with E-state index in [2.05, 4.69) is 13.8 Å². The van der Waals surface area contributed by atoms with Gasteiger partial charge in [0.25, 0.3) is 0 Å². The van der Waals surface area contributed by atoms with Crippen LogP contribution in [0, 0.1) is 5.92 Å². The molecule has 0 aromatic heterocycles. The van der Waals surface area contributed by atoms with Gasteiger partial charge in [-0.05, 0) is 25.2 Å². The number of methoxy groups -OCH3 is 1. The van der Waals surface area contributed by atoms with Crippen LogP contribution in [0.5, 0.6) is 0 Å². The molecule has 0 aromatic rings. The van der Waals surface area contributed by atoms with Crippen LogP contribution in [0.3, 0.4) is 0 Å². The highest BCUT2D eigenvalue weighted by Crippen LogP contribution is 2.09. The maximum Gasteiger partial charge on any atom is 0.306 e. The molecule has 0 radical (unpaired) electrons. The average molecular weight is 373 g/mol. The number of hydrogen-bond donors (Lipinski definition) is 0. The van der Waals surface area contributed by atoms with Gasteiger partial charge in [0, 0.05) is 13.7 Å². The maximum absolute atomic E-state index is 11.6. The van der Waals surface area contributed by atoms with E-state index in [0.29, 0.717) is 19.1 Å². The smallest absolute Gasteiger partial charge is 0.306 e. The summed E-state index contributed by atoms with van der Waals surface area (Å²) >= 11 is 0. The Kier molecular flexibility index (Phi) is 17.9. The van der Waals surface area contributed by atoms with Gasteiger partial charge >= 0.3 is 11.9 Å². The second-order valence-corrected chi connectivity index (χ2v) is 7.09. The topological polar surface area (TPSA) is 61.8 Å². The molecular weight excluding hydrogens is 332 g/mol. The Balaban J connectivity index is 3.43. The van der Waals surface area contributed by atoms with E-state index in [1.165, 1.54) is 38.5 Å². The molecule has 0 heterocycles. The molecule has 1 unspecified atom stereocenters. The van der Waals surface area contributed by atoms with Gasteiger partial charge in [-0.3, -0.25) is 9.59 Å². The Hall–Kier alpha value is -1.10. The molecule has 0 aliphatic rings. The molecule has 0 aliphatic carbocycles. The van der Waals surface area contributed by atoms with E-state index < -0.39 is 0 Å². The SMILES string of the molecule is CCCCCCCCCCOC(=O)CCC(=O)OCCC(C)CCOC. The molecule has 0 aromatic carbocycles. The van der Waals surface area contributed by atoms with Crippen LogP contribution in [0.25, 0.3) is 0 Å². The fourth-order valence-electron chi connectivity index (χ4n) is 2.61. The lowest BCUT2D eigenvalue weighted by atomic mass is 10.1. The van der Waals surface area contributed by atoms with Gasteiger partial charge in [0.15, 0.2) is 0 Å². The van der Waals surface area contributed by atoms with Gasteiger partial charge in [0.2, 0.25) is 0 Å². The Morgan fingerprint density at radius 2 is 1.23 bits per heavy atom. The molecule has 0 amide bonds. The van der Waals surface area contributed by atoms with Crippen LogP contribution in [-0.2, 0) is 23.8 Å². The summed E-state index contributed by atoms with van der Waals surface area (Å²) in [5.41, 5.74) is 0. The zero-order valence-corrected chi connectivity index (χ0v) is 17.2. The second-order valence-electron chi connectivity index (χ2n) is 7.09. The molecule has 0 saturated carbocycles. The first-order chi connectivity index (χ1) is 12.6. The third kappa shape index (κ3) is 17.7. The summed E-state index contributed by atoms with van der Waals surface area (Å²) in [4.78, 5) is 23.2. The standard InChI is InChI=1S/C21H40O5/c1-4-5-6-7-8-9-10-11-16-25-20(22)12-13-21(23)26-18-15-19(2)14-17-24-3/h19H,4-18H2,1-3H3. The van der Waals surface area contributed by atoms with E-state index in [0.717, 1.165) is 32.3 Å². The number of esters is 2. The van der Waals surface area contributed by atoms with E-state index >= 15 is 0 Å². The summed E-state index contributed by atoms with van der Waals surface area (Å²) < 4.78 is 15.3. The monoisotopic (exact) mass is 372 g/mol. The molecular formula is C21H40O5. The number of carbonyl (C=O) groups is 2. The van der Waals surface area contributed by atoms with Crippen LogP contribution in [0.2, 0.25) is 0 Å². The number of rotatable bonds is 18. The highest BCUT2D eigenvalue weighted by Gasteiger charge is 2.10. The van der Waals surface area contributed by atoms with E-state index in [4.69, 9.17) is 14.2 Å². The predicted molar refractivity (Wildman–Crippen MR) is 104 cm³/mol. The van der Waals surface area contributed by atoms with Crippen molar-refractivity contribution in [3.05, 3.63) is 0 Å². The van der Waals surface area contributed by atoms with E-state index in [1.54, 1.807) is 7.11 Å². The average Bonchev–Trinajstić information content (AvgIpc) is 2.63. The molecule has 0 N–H and O–H groups in total. The van der Waals surface area contributed by atoms with E-state index in [1.807, 2.05) is 0 Å². The molecule has 0 saturated heterocycles. The van der Waals surface area contributed by atoms with E-state index in [-0.39, 0.29) is 24.8 Å². The van der Waals surface area contributed by atoms with Gasteiger partial charge in [0.05, 0.1) is 26.1 Å². The van der Waals surface area contributed by atoms with Crippen molar-refractivity contribution in [2.45, 2.75) is 90.9 Å². The largest absolute Gasteiger partial charge is 0.466 e. The predicted octanol–water partition coefficient (Wildman–Crippen LogP) is 5.06. The maximum atomic E-state index is 11.6. The quantitative estimate of drug-likeness (QED) is 0.249. The van der Waals surface area contributed by atoms with E-state index in [9.17, 15) is 9.59 Å². The first kappa shape index (κ1) is 24.9. The zero-order valence-electron chi connectivity index (χ0n) is 17.2. The Labute approximate surface area is 160 Å². The summed E-state index contributed by atoms with van der Waals surface area (Å²) in [5.74, 6) is -0.175. The van der Waals surface area contributed by atoms with Gasteiger partial charge in [-0.25, -0.2) is 0 Å². The first-order valence-electron chi connectivity index (χ1n) is 10.4. The van der Waals surface area contributed by atoms with Crippen LogP contribution >= 0.6 is 0 Å². The van der Waals surface area contributed by atoms with Crippen LogP contribution in [0.1, 0.15) is 90.9 Å². The second kappa shape index (κ2) is 18.7. The molecule has 154 valence electrons.